The van der Waals surface area contributed by atoms with Gasteiger partial charge in [0.05, 0.1) is 6.04 Å². The second-order valence-electron chi connectivity index (χ2n) is 7.12. The molecule has 2 aromatic rings. The van der Waals surface area contributed by atoms with E-state index in [9.17, 15) is 4.79 Å². The van der Waals surface area contributed by atoms with E-state index >= 15 is 0 Å². The minimum atomic E-state index is -0.209. The SMILES string of the molecule is Cc1ccc(C)c(NC(=O)C(C)N2C[C@@H](N)[C@H](c3ccccc3)C2)c1. The van der Waals surface area contributed by atoms with Crippen LogP contribution in [0, 0.1) is 13.8 Å². The summed E-state index contributed by atoms with van der Waals surface area (Å²) < 4.78 is 0. The molecule has 4 nitrogen and oxygen atoms in total. The van der Waals surface area contributed by atoms with Crippen LogP contribution in [-0.2, 0) is 4.79 Å². The van der Waals surface area contributed by atoms with Gasteiger partial charge >= 0.3 is 0 Å². The van der Waals surface area contributed by atoms with Crippen LogP contribution in [0.5, 0.6) is 0 Å². The topological polar surface area (TPSA) is 58.4 Å². The number of hydrogen-bond acceptors (Lipinski definition) is 3. The van der Waals surface area contributed by atoms with Gasteiger partial charge in [0.15, 0.2) is 0 Å². The fraction of sp³-hybridized carbons (Fsp3) is 0.381. The summed E-state index contributed by atoms with van der Waals surface area (Å²) in [5, 5.41) is 3.08. The third-order valence-corrected chi connectivity index (χ3v) is 5.20. The van der Waals surface area contributed by atoms with Gasteiger partial charge in [0.1, 0.15) is 0 Å². The lowest BCUT2D eigenvalue weighted by atomic mass is 9.95. The molecule has 0 aromatic heterocycles. The minimum Gasteiger partial charge on any atom is -0.326 e. The Morgan fingerprint density at radius 2 is 1.88 bits per heavy atom. The van der Waals surface area contributed by atoms with Crippen LogP contribution < -0.4 is 11.1 Å². The smallest absolute Gasteiger partial charge is 0.241 e. The Bertz CT molecular complexity index is 744. The molecule has 0 saturated carbocycles. The normalized spacial score (nSPS) is 21.9. The third kappa shape index (κ3) is 3.91. The molecule has 0 bridgehead atoms. The molecule has 1 aliphatic rings. The number of anilines is 1. The van der Waals surface area contributed by atoms with Crippen molar-refractivity contribution in [3.8, 4) is 0 Å². The second-order valence-corrected chi connectivity index (χ2v) is 7.12. The zero-order valence-corrected chi connectivity index (χ0v) is 15.2. The molecule has 3 atom stereocenters. The van der Waals surface area contributed by atoms with E-state index in [0.29, 0.717) is 0 Å². The van der Waals surface area contributed by atoms with Crippen molar-refractivity contribution in [3.63, 3.8) is 0 Å². The standard InChI is InChI=1S/C21H27N3O/c1-14-9-10-15(2)20(11-14)23-21(25)16(3)24-12-18(19(22)13-24)17-7-5-4-6-8-17/h4-11,16,18-19H,12-13,22H2,1-3H3,(H,23,25)/t16?,18-,19+/m0/s1. The van der Waals surface area contributed by atoms with E-state index in [1.165, 1.54) is 5.56 Å². The van der Waals surface area contributed by atoms with E-state index in [1.54, 1.807) is 0 Å². The van der Waals surface area contributed by atoms with Crippen molar-refractivity contribution in [1.82, 2.24) is 4.90 Å². The molecule has 132 valence electrons. The highest BCUT2D eigenvalue weighted by molar-refractivity contribution is 5.95. The molecule has 1 fully saturated rings. The molecule has 0 aliphatic carbocycles. The Balaban J connectivity index is 1.68. The Morgan fingerprint density at radius 1 is 1.16 bits per heavy atom. The molecule has 1 unspecified atom stereocenters. The quantitative estimate of drug-likeness (QED) is 0.901. The lowest BCUT2D eigenvalue weighted by Gasteiger charge is -2.24. The minimum absolute atomic E-state index is 0.0228. The van der Waals surface area contributed by atoms with E-state index in [2.05, 4.69) is 28.4 Å². The number of nitrogens with one attached hydrogen (secondary N) is 1. The summed E-state index contributed by atoms with van der Waals surface area (Å²) in [7, 11) is 0. The van der Waals surface area contributed by atoms with Crippen molar-refractivity contribution < 1.29 is 4.79 Å². The molecule has 0 radical (unpaired) electrons. The number of carbonyl (C=O) groups excluding carboxylic acids is 1. The van der Waals surface area contributed by atoms with Crippen LogP contribution in [0.1, 0.15) is 29.5 Å². The molecule has 0 spiro atoms. The summed E-state index contributed by atoms with van der Waals surface area (Å²) in [4.78, 5) is 14.9. The number of aryl methyl sites for hydroxylation is 2. The van der Waals surface area contributed by atoms with Crippen LogP contribution in [0.25, 0.3) is 0 Å². The van der Waals surface area contributed by atoms with E-state index in [-0.39, 0.29) is 23.9 Å². The van der Waals surface area contributed by atoms with Gasteiger partial charge in [0.25, 0.3) is 0 Å². The molecule has 3 N–H and O–H groups in total. The maximum absolute atomic E-state index is 12.7. The van der Waals surface area contributed by atoms with Gasteiger partial charge < -0.3 is 11.1 Å². The first-order valence-corrected chi connectivity index (χ1v) is 8.88. The average molecular weight is 337 g/mol. The van der Waals surface area contributed by atoms with Crippen molar-refractivity contribution in [2.24, 2.45) is 5.73 Å². The molecule has 1 aliphatic heterocycles. The molecular formula is C21H27N3O. The van der Waals surface area contributed by atoms with Gasteiger partial charge in [-0.05, 0) is 43.5 Å². The fourth-order valence-electron chi connectivity index (χ4n) is 3.50. The number of likely N-dealkylation sites (tertiary alicyclic amines) is 1. The number of rotatable bonds is 4. The first kappa shape index (κ1) is 17.6. The monoisotopic (exact) mass is 337 g/mol. The van der Waals surface area contributed by atoms with Crippen molar-refractivity contribution in [3.05, 3.63) is 65.2 Å². The highest BCUT2D eigenvalue weighted by Crippen LogP contribution is 2.28. The number of carbonyl (C=O) groups is 1. The van der Waals surface area contributed by atoms with Gasteiger partial charge in [-0.25, -0.2) is 0 Å². The predicted molar refractivity (Wildman–Crippen MR) is 103 cm³/mol. The highest BCUT2D eigenvalue weighted by Gasteiger charge is 2.35. The van der Waals surface area contributed by atoms with Gasteiger partial charge in [-0.1, -0.05) is 42.5 Å². The Labute approximate surface area is 150 Å². The molecule has 1 heterocycles. The van der Waals surface area contributed by atoms with Crippen LogP contribution in [-0.4, -0.2) is 36.0 Å². The molecule has 2 aromatic carbocycles. The number of amides is 1. The molecule has 1 amide bonds. The number of nitrogens with zero attached hydrogens (tertiary/aromatic N) is 1. The molecule has 4 heteroatoms. The average Bonchev–Trinajstić information content (AvgIpc) is 3.00. The van der Waals surface area contributed by atoms with Crippen LogP contribution >= 0.6 is 0 Å². The molecule has 3 rings (SSSR count). The van der Waals surface area contributed by atoms with Crippen LogP contribution in [0.15, 0.2) is 48.5 Å². The Hall–Kier alpha value is -2.17. The summed E-state index contributed by atoms with van der Waals surface area (Å²) in [5.41, 5.74) is 10.7. The molecule has 1 saturated heterocycles. The molecule has 25 heavy (non-hydrogen) atoms. The van der Waals surface area contributed by atoms with Crippen molar-refractivity contribution in [2.45, 2.75) is 38.8 Å². The van der Waals surface area contributed by atoms with Gasteiger partial charge in [0.2, 0.25) is 5.91 Å². The molecular weight excluding hydrogens is 310 g/mol. The number of hydrogen-bond donors (Lipinski definition) is 2. The lowest BCUT2D eigenvalue weighted by molar-refractivity contribution is -0.120. The third-order valence-electron chi connectivity index (χ3n) is 5.20. The van der Waals surface area contributed by atoms with Gasteiger partial charge in [0, 0.05) is 30.7 Å². The zero-order chi connectivity index (χ0) is 18.0. The van der Waals surface area contributed by atoms with E-state index in [4.69, 9.17) is 5.73 Å². The first-order chi connectivity index (χ1) is 12.0. The Kier molecular flexibility index (Phi) is 5.21. The maximum atomic E-state index is 12.7. The van der Waals surface area contributed by atoms with E-state index in [0.717, 1.165) is 29.9 Å². The van der Waals surface area contributed by atoms with Gasteiger partial charge in [-0.15, -0.1) is 0 Å². The van der Waals surface area contributed by atoms with Gasteiger partial charge in [-0.3, -0.25) is 9.69 Å². The number of benzene rings is 2. The van der Waals surface area contributed by atoms with Crippen LogP contribution in [0.2, 0.25) is 0 Å². The highest BCUT2D eigenvalue weighted by atomic mass is 16.2. The van der Waals surface area contributed by atoms with E-state index in [1.807, 2.05) is 51.1 Å². The van der Waals surface area contributed by atoms with Crippen molar-refractivity contribution in [1.29, 1.82) is 0 Å². The summed E-state index contributed by atoms with van der Waals surface area (Å²) in [6, 6.07) is 16.3. The largest absolute Gasteiger partial charge is 0.326 e. The number of nitrogens with two attached hydrogens (primary N) is 1. The zero-order valence-electron chi connectivity index (χ0n) is 15.2. The van der Waals surface area contributed by atoms with Crippen molar-refractivity contribution >= 4 is 11.6 Å². The lowest BCUT2D eigenvalue weighted by Crippen LogP contribution is -2.41. The van der Waals surface area contributed by atoms with E-state index < -0.39 is 0 Å². The summed E-state index contributed by atoms with van der Waals surface area (Å²) in [5.74, 6) is 0.298. The Morgan fingerprint density at radius 3 is 2.60 bits per heavy atom. The maximum Gasteiger partial charge on any atom is 0.241 e. The first-order valence-electron chi connectivity index (χ1n) is 8.88. The predicted octanol–water partition coefficient (Wildman–Crippen LogP) is 3.06. The second kappa shape index (κ2) is 7.38. The summed E-state index contributed by atoms with van der Waals surface area (Å²) in [6.07, 6.45) is 0. The van der Waals surface area contributed by atoms with Crippen LogP contribution in [0.3, 0.4) is 0 Å². The van der Waals surface area contributed by atoms with Gasteiger partial charge in [-0.2, -0.15) is 0 Å². The summed E-state index contributed by atoms with van der Waals surface area (Å²) >= 11 is 0. The summed E-state index contributed by atoms with van der Waals surface area (Å²) in [6.45, 7) is 7.55. The van der Waals surface area contributed by atoms with Crippen molar-refractivity contribution in [2.75, 3.05) is 18.4 Å². The fourth-order valence-corrected chi connectivity index (χ4v) is 3.50. The van der Waals surface area contributed by atoms with Crippen LogP contribution in [0.4, 0.5) is 5.69 Å².